The van der Waals surface area contributed by atoms with Crippen LogP contribution in [0.15, 0.2) is 334 Å². The van der Waals surface area contributed by atoms with Crippen molar-refractivity contribution in [2.24, 2.45) is 21.1 Å². The highest BCUT2D eigenvalue weighted by atomic mass is 15.0. The van der Waals surface area contributed by atoms with Crippen molar-refractivity contribution in [2.75, 3.05) is 0 Å². The average molecular weight is 1480 g/mol. The Bertz CT molecular complexity index is 6740. The SMILES string of the molecule is CCc1ccc2c(c1)c1cc(CC)ccc1n2C.Cc1ccc2c(c1)-c1ccccc1C2.Cc1ccc2c(c1)c1ccccc1n2-c1cccc(-c2ccccc2)c1.Cc1ccc2c(c1)c1ccccc1n2-c1ccccc1.Cn1c2ccc(C(C)(C)C)cc2c2cc(C(C)(C)C)ccc21.Cn1c2ccccc2c2ccccc21. The number of fused-ring (bicyclic) bond motifs is 18. The highest BCUT2D eigenvalue weighted by Gasteiger charge is 2.22. The summed E-state index contributed by atoms with van der Waals surface area (Å²) in [6, 6.07) is 121. The molecular formula is C109H103N5. The number of nitrogens with zero attached hydrogens (tertiary/aromatic N) is 5. The van der Waals surface area contributed by atoms with Crippen LogP contribution in [0.3, 0.4) is 0 Å². The van der Waals surface area contributed by atoms with Gasteiger partial charge < -0.3 is 22.8 Å². The Labute approximate surface area is 672 Å². The van der Waals surface area contributed by atoms with E-state index in [0.29, 0.717) is 0 Å². The number of hydrogen-bond acceptors (Lipinski definition) is 0. The minimum Gasteiger partial charge on any atom is -0.344 e. The molecule has 0 saturated heterocycles. The van der Waals surface area contributed by atoms with E-state index in [1.54, 1.807) is 0 Å². The Kier molecular flexibility index (Phi) is 20.8. The fraction of sp³-hybridized carbons (Fsp3) is 0.174. The summed E-state index contributed by atoms with van der Waals surface area (Å²) >= 11 is 0. The fourth-order valence-electron chi connectivity index (χ4n) is 17.0. The van der Waals surface area contributed by atoms with Crippen molar-refractivity contribution in [3.63, 3.8) is 0 Å². The zero-order valence-corrected chi connectivity index (χ0v) is 68.6. The molecule has 0 aliphatic heterocycles. The van der Waals surface area contributed by atoms with Crippen molar-refractivity contribution < 1.29 is 0 Å². The summed E-state index contributed by atoms with van der Waals surface area (Å²) in [6.45, 7) is 24.5. The quantitative estimate of drug-likeness (QED) is 0.164. The number of aromatic nitrogens is 5. The summed E-state index contributed by atoms with van der Waals surface area (Å²) < 4.78 is 11.6. The van der Waals surface area contributed by atoms with E-state index in [-0.39, 0.29) is 10.8 Å². The third-order valence-corrected chi connectivity index (χ3v) is 23.3. The van der Waals surface area contributed by atoms with Gasteiger partial charge >= 0.3 is 0 Å². The predicted octanol–water partition coefficient (Wildman–Crippen LogP) is 29.1. The Hall–Kier alpha value is -12.7. The molecule has 15 aromatic carbocycles. The van der Waals surface area contributed by atoms with E-state index in [9.17, 15) is 0 Å². The van der Waals surface area contributed by atoms with Gasteiger partial charge in [0.15, 0.2) is 0 Å². The first-order valence-electron chi connectivity index (χ1n) is 40.5. The van der Waals surface area contributed by atoms with Crippen molar-refractivity contribution in [3.8, 4) is 33.6 Å². The molecule has 1 aliphatic carbocycles. The van der Waals surface area contributed by atoms with Gasteiger partial charge in [-0.2, -0.15) is 0 Å². The van der Waals surface area contributed by atoms with Gasteiger partial charge in [-0.25, -0.2) is 0 Å². The third-order valence-electron chi connectivity index (χ3n) is 23.3. The van der Waals surface area contributed by atoms with Crippen LogP contribution < -0.4 is 0 Å². The second-order valence-electron chi connectivity index (χ2n) is 33.1. The Morgan fingerprint density at radius 2 is 0.579 bits per heavy atom. The van der Waals surface area contributed by atoms with Gasteiger partial charge in [0.2, 0.25) is 0 Å². The molecule has 0 N–H and O–H groups in total. The van der Waals surface area contributed by atoms with Crippen LogP contribution in [0.2, 0.25) is 0 Å². The molecule has 0 amide bonds. The van der Waals surface area contributed by atoms with Crippen molar-refractivity contribution in [1.82, 2.24) is 22.8 Å². The molecule has 564 valence electrons. The van der Waals surface area contributed by atoms with Crippen LogP contribution in [0, 0.1) is 20.8 Å². The number of benzene rings is 15. The van der Waals surface area contributed by atoms with Crippen LogP contribution in [-0.2, 0) is 51.2 Å². The van der Waals surface area contributed by atoms with E-state index in [0.717, 1.165) is 19.3 Å². The van der Waals surface area contributed by atoms with E-state index in [1.807, 2.05) is 0 Å². The maximum atomic E-state index is 2.38. The van der Waals surface area contributed by atoms with Crippen LogP contribution >= 0.6 is 0 Å². The minimum atomic E-state index is 0.179. The molecular weight excluding hydrogens is 1380 g/mol. The smallest absolute Gasteiger partial charge is 0.0541 e. The lowest BCUT2D eigenvalue weighted by molar-refractivity contribution is 0.590. The number of para-hydroxylation sites is 5. The van der Waals surface area contributed by atoms with Crippen molar-refractivity contribution in [1.29, 1.82) is 0 Å². The van der Waals surface area contributed by atoms with Gasteiger partial charge in [0, 0.05) is 119 Å². The summed E-state index contributed by atoms with van der Waals surface area (Å²) in [7, 11) is 6.44. The van der Waals surface area contributed by atoms with Gasteiger partial charge in [-0.3, -0.25) is 0 Å². The minimum absolute atomic E-state index is 0.179. The summed E-state index contributed by atoms with van der Waals surface area (Å²) in [4.78, 5) is 0. The third kappa shape index (κ3) is 14.7. The Morgan fingerprint density at radius 3 is 1.06 bits per heavy atom. The highest BCUT2D eigenvalue weighted by Crippen LogP contribution is 2.41. The lowest BCUT2D eigenvalue weighted by atomic mass is 9.85. The van der Waals surface area contributed by atoms with Gasteiger partial charge in [-0.1, -0.05) is 284 Å². The predicted molar refractivity (Wildman–Crippen MR) is 493 cm³/mol. The summed E-state index contributed by atoms with van der Waals surface area (Å²) in [5, 5.41) is 13.5. The first-order valence-corrected chi connectivity index (χ1v) is 40.5. The normalized spacial score (nSPS) is 11.8. The fourth-order valence-corrected chi connectivity index (χ4v) is 17.0. The molecule has 0 fully saturated rings. The lowest BCUT2D eigenvalue weighted by Crippen LogP contribution is -2.10. The molecule has 1 aliphatic rings. The van der Waals surface area contributed by atoms with Crippen LogP contribution in [0.1, 0.15) is 105 Å². The Balaban J connectivity index is 0.000000104. The van der Waals surface area contributed by atoms with E-state index >= 15 is 0 Å². The monoisotopic (exact) mass is 1480 g/mol. The van der Waals surface area contributed by atoms with Gasteiger partial charge in [0.1, 0.15) is 0 Å². The van der Waals surface area contributed by atoms with Gasteiger partial charge in [-0.05, 0) is 228 Å². The van der Waals surface area contributed by atoms with Crippen molar-refractivity contribution in [2.45, 2.75) is 106 Å². The maximum Gasteiger partial charge on any atom is 0.0541 e. The van der Waals surface area contributed by atoms with E-state index < -0.39 is 0 Å². The summed E-state index contributed by atoms with van der Waals surface area (Å²) in [5.74, 6) is 0. The average Bonchev–Trinajstić information content (AvgIpc) is 1.61. The Morgan fingerprint density at radius 1 is 0.246 bits per heavy atom. The van der Waals surface area contributed by atoms with Gasteiger partial charge in [-0.15, -0.1) is 0 Å². The van der Waals surface area contributed by atoms with E-state index in [1.165, 1.54) is 193 Å². The van der Waals surface area contributed by atoms with Gasteiger partial charge in [0.25, 0.3) is 0 Å². The maximum absolute atomic E-state index is 2.38. The van der Waals surface area contributed by atoms with Crippen molar-refractivity contribution >= 4 is 109 Å². The number of rotatable bonds is 5. The molecule has 5 nitrogen and oxygen atoms in total. The molecule has 5 aromatic heterocycles. The van der Waals surface area contributed by atoms with E-state index in [2.05, 4.69) is 454 Å². The summed E-state index contributed by atoms with van der Waals surface area (Å²) in [5.41, 5.74) is 33.5. The second kappa shape index (κ2) is 31.5. The molecule has 0 bridgehead atoms. The highest BCUT2D eigenvalue weighted by molar-refractivity contribution is 6.13. The van der Waals surface area contributed by atoms with Crippen molar-refractivity contribution in [3.05, 3.63) is 384 Å². The molecule has 0 unspecified atom stereocenters. The number of aryl methyl sites for hydroxylation is 8. The molecule has 5 heterocycles. The molecule has 114 heavy (non-hydrogen) atoms. The summed E-state index contributed by atoms with van der Waals surface area (Å²) in [6.07, 6.45) is 3.30. The standard InChI is InChI=1S/C25H19N.C21H27N.C19H15N.C17H19N.C14H12.C13H11N/c1-18-14-15-25-23(16-18)22-12-5-6-13-24(22)26(25)21-11-7-10-20(17-21)19-8-3-2-4-9-19;1-20(2,3)14-8-10-18-16(12-14)17-13-15(21(4,5)6)9-11-19(17)22(18)7;1-14-11-12-19-17(13-14)16-9-5-6-10-18(16)20(19)15-7-3-2-4-8-15;1-4-12-6-8-16-14(10-12)15-11-13(5-2)7-9-17(15)18(16)3;1-10-6-7-12-9-11-4-2-3-5-13(11)14(12)8-10;1-14-12-8-4-2-6-10(12)11-7-3-5-9-13(11)14/h2-17H,1H3;8-13H,1-7H3;2-13H,1H3;6-11H,4-5H2,1-3H3;2-8H,9H2,1H3;2-9H,1H3. The molecule has 5 heteroatoms. The zero-order valence-electron chi connectivity index (χ0n) is 68.6. The molecule has 21 rings (SSSR count). The van der Waals surface area contributed by atoms with E-state index in [4.69, 9.17) is 0 Å². The molecule has 20 aromatic rings. The first-order chi connectivity index (χ1) is 55.2. The second-order valence-corrected chi connectivity index (χ2v) is 33.1. The van der Waals surface area contributed by atoms with Crippen LogP contribution in [0.5, 0.6) is 0 Å². The largest absolute Gasteiger partial charge is 0.344 e. The first kappa shape index (κ1) is 75.3. The van der Waals surface area contributed by atoms with Crippen LogP contribution in [-0.4, -0.2) is 22.8 Å². The molecule has 0 spiro atoms. The topological polar surface area (TPSA) is 24.6 Å². The lowest BCUT2D eigenvalue weighted by Gasteiger charge is -2.19. The van der Waals surface area contributed by atoms with Crippen LogP contribution in [0.25, 0.3) is 143 Å². The number of hydrogen-bond donors (Lipinski definition) is 0. The van der Waals surface area contributed by atoms with Crippen LogP contribution in [0.4, 0.5) is 0 Å². The molecule has 0 atom stereocenters. The van der Waals surface area contributed by atoms with Gasteiger partial charge in [0.05, 0.1) is 22.1 Å². The zero-order chi connectivity index (χ0) is 79.1. The molecule has 0 radical (unpaired) electrons. The molecule has 0 saturated carbocycles.